The third-order valence-electron chi connectivity index (χ3n) is 9.70. The van der Waals surface area contributed by atoms with Gasteiger partial charge in [0.25, 0.3) is 0 Å². The molecule has 2 N–H and O–H groups in total. The zero-order valence-electron chi connectivity index (χ0n) is 33.1. The van der Waals surface area contributed by atoms with E-state index >= 15 is 0 Å². The number of hydrogen-bond acceptors (Lipinski definition) is 1. The first-order valence-corrected chi connectivity index (χ1v) is 19.6. The van der Waals surface area contributed by atoms with Crippen LogP contribution >= 0.6 is 7.60 Å². The topological polar surface area (TPSA) is 57.5 Å². The summed E-state index contributed by atoms with van der Waals surface area (Å²) < 4.78 is 11.6. The molecule has 3 nitrogen and oxygen atoms in total. The zero-order valence-corrected chi connectivity index (χ0v) is 34.0. The van der Waals surface area contributed by atoms with Crippen LogP contribution in [0.1, 0.15) is 144 Å². The summed E-state index contributed by atoms with van der Waals surface area (Å²) in [4.78, 5) is 19.0. The van der Waals surface area contributed by atoms with Crippen molar-refractivity contribution in [2.75, 3.05) is 0 Å². The minimum absolute atomic E-state index is 0.0410. The van der Waals surface area contributed by atoms with E-state index in [1.54, 1.807) is 12.1 Å². The molecule has 4 aromatic carbocycles. The van der Waals surface area contributed by atoms with Crippen molar-refractivity contribution in [2.45, 2.75) is 111 Å². The first-order valence-electron chi connectivity index (χ1n) is 17.8. The summed E-state index contributed by atoms with van der Waals surface area (Å²) in [7, 11) is -4.18. The van der Waals surface area contributed by atoms with Crippen molar-refractivity contribution in [3.05, 3.63) is 160 Å². The van der Waals surface area contributed by atoms with E-state index in [1.165, 1.54) is 22.3 Å². The molecular weight excluding hydrogens is 643 g/mol. The lowest BCUT2D eigenvalue weighted by Crippen LogP contribution is -2.17. The van der Waals surface area contributed by atoms with E-state index < -0.39 is 7.60 Å². The van der Waals surface area contributed by atoms with Crippen LogP contribution in [0.4, 0.5) is 0 Å². The van der Waals surface area contributed by atoms with Crippen LogP contribution in [0.3, 0.4) is 0 Å². The van der Waals surface area contributed by atoms with Crippen LogP contribution in [0.15, 0.2) is 98.6 Å². The summed E-state index contributed by atoms with van der Waals surface area (Å²) in [6.45, 7) is 40.9. The third kappa shape index (κ3) is 9.98. The fourth-order valence-electron chi connectivity index (χ4n) is 6.04. The summed E-state index contributed by atoms with van der Waals surface area (Å²) >= 11 is 0. The van der Waals surface area contributed by atoms with Gasteiger partial charge in [-0.15, -0.1) is 0 Å². The Bertz CT molecular complexity index is 1860. The maximum Gasteiger partial charge on any atom is 0.329 e. The monoisotopic (exact) mass is 702 g/mol. The largest absolute Gasteiger partial charge is 0.329 e. The molecule has 0 fully saturated rings. The second kappa shape index (κ2) is 14.0. The summed E-state index contributed by atoms with van der Waals surface area (Å²) in [5.74, 6) is 0. The number of hydrogen-bond donors (Lipinski definition) is 2. The van der Waals surface area contributed by atoms with Crippen molar-refractivity contribution < 1.29 is 14.4 Å². The molecule has 4 aromatic rings. The van der Waals surface area contributed by atoms with Crippen molar-refractivity contribution >= 4 is 24.3 Å². The van der Waals surface area contributed by atoms with Crippen LogP contribution in [0.25, 0.3) is 16.7 Å². The van der Waals surface area contributed by atoms with Gasteiger partial charge in [0.2, 0.25) is 0 Å². The van der Waals surface area contributed by atoms with Crippen LogP contribution < -0.4 is 0 Å². The standard InChI is InChI=1S/C47H59O3P/c1-30(34-18-16-33(17-19-34)29-51(48,49)50)35-20-36(31(2)38-23-40(44(4,5)6)27-41(24-38)45(7,8)9)22-37(21-35)32(3)39-25-42(46(10,11)12)28-43(26-39)47(13,14)15/h16-28H,1-3,29H2,4-15H3,(H2,48,49,50). The van der Waals surface area contributed by atoms with E-state index in [0.29, 0.717) is 5.56 Å². The minimum Gasteiger partial charge on any atom is -0.324 e. The Morgan fingerprint density at radius 1 is 0.451 bits per heavy atom. The summed E-state index contributed by atoms with van der Waals surface area (Å²) in [6.07, 6.45) is -0.298. The highest BCUT2D eigenvalue weighted by atomic mass is 31.2. The Kier molecular flexibility index (Phi) is 11.0. The van der Waals surface area contributed by atoms with Gasteiger partial charge in [-0.05, 0) is 118 Å². The molecule has 4 heteroatoms. The molecule has 0 saturated heterocycles. The van der Waals surface area contributed by atoms with Gasteiger partial charge in [0.05, 0.1) is 6.16 Å². The molecule has 0 saturated carbocycles. The van der Waals surface area contributed by atoms with E-state index in [0.717, 1.165) is 50.1 Å². The van der Waals surface area contributed by atoms with Crippen molar-refractivity contribution in [2.24, 2.45) is 0 Å². The molecule has 0 aliphatic heterocycles. The Hall–Kier alpha value is -3.75. The van der Waals surface area contributed by atoms with E-state index in [-0.39, 0.29) is 27.8 Å². The van der Waals surface area contributed by atoms with Gasteiger partial charge in [0.15, 0.2) is 0 Å². The SMILES string of the molecule is C=C(c1ccc(CP(=O)(O)O)cc1)c1cc(C(=C)c2cc(C(C)(C)C)cc(C(C)(C)C)c2)cc(C(=C)c2cc(C(C)(C)C)cc(C(C)(C)C)c2)c1. The first kappa shape index (κ1) is 40.0. The van der Waals surface area contributed by atoms with Gasteiger partial charge in [0.1, 0.15) is 0 Å². The highest BCUT2D eigenvalue weighted by Gasteiger charge is 2.24. The van der Waals surface area contributed by atoms with E-state index in [4.69, 9.17) is 13.2 Å². The maximum atomic E-state index is 11.6. The van der Waals surface area contributed by atoms with Gasteiger partial charge in [-0.1, -0.05) is 163 Å². The molecule has 0 bridgehead atoms. The molecular formula is C47H59O3P. The maximum absolute atomic E-state index is 11.6. The lowest BCUT2D eigenvalue weighted by molar-refractivity contribution is 0.371. The average Bonchev–Trinajstić information content (AvgIpc) is 3.01. The van der Waals surface area contributed by atoms with Crippen molar-refractivity contribution in [3.8, 4) is 0 Å². The molecule has 0 heterocycles. The van der Waals surface area contributed by atoms with Crippen LogP contribution in [0.5, 0.6) is 0 Å². The summed E-state index contributed by atoms with van der Waals surface area (Å²) in [5.41, 5.74) is 14.1. The highest BCUT2D eigenvalue weighted by molar-refractivity contribution is 7.50. The zero-order chi connectivity index (χ0) is 38.5. The molecule has 0 aromatic heterocycles. The molecule has 51 heavy (non-hydrogen) atoms. The predicted molar refractivity (Wildman–Crippen MR) is 221 cm³/mol. The van der Waals surface area contributed by atoms with Gasteiger partial charge in [0, 0.05) is 0 Å². The second-order valence-corrected chi connectivity index (χ2v) is 20.0. The molecule has 0 unspecified atom stereocenters. The Morgan fingerprint density at radius 3 is 0.961 bits per heavy atom. The van der Waals surface area contributed by atoms with E-state index in [2.05, 4.69) is 144 Å². The van der Waals surface area contributed by atoms with Crippen LogP contribution in [-0.2, 0) is 32.4 Å². The fraction of sp³-hybridized carbons (Fsp3) is 0.362. The van der Waals surface area contributed by atoms with Crippen molar-refractivity contribution in [1.29, 1.82) is 0 Å². The van der Waals surface area contributed by atoms with Crippen molar-refractivity contribution in [1.82, 2.24) is 0 Å². The molecule has 0 atom stereocenters. The van der Waals surface area contributed by atoms with Gasteiger partial charge < -0.3 is 9.79 Å². The molecule has 0 aliphatic rings. The molecule has 0 spiro atoms. The lowest BCUT2D eigenvalue weighted by Gasteiger charge is -2.27. The van der Waals surface area contributed by atoms with E-state index in [1.807, 2.05) is 12.1 Å². The number of rotatable bonds is 8. The molecule has 0 radical (unpaired) electrons. The summed E-state index contributed by atoms with van der Waals surface area (Å²) in [5, 5.41) is 0. The van der Waals surface area contributed by atoms with Crippen LogP contribution in [0.2, 0.25) is 0 Å². The smallest absolute Gasteiger partial charge is 0.324 e. The molecule has 270 valence electrons. The second-order valence-electron chi connectivity index (χ2n) is 18.4. The first-order chi connectivity index (χ1) is 23.1. The lowest BCUT2D eigenvalue weighted by atomic mass is 9.77. The average molecular weight is 703 g/mol. The molecule has 0 aliphatic carbocycles. The molecule has 0 amide bonds. The normalized spacial score (nSPS) is 12.9. The Balaban J connectivity index is 1.94. The van der Waals surface area contributed by atoms with Gasteiger partial charge >= 0.3 is 7.60 Å². The highest BCUT2D eigenvalue weighted by Crippen LogP contribution is 2.41. The third-order valence-corrected chi connectivity index (χ3v) is 10.5. The Labute approximate surface area is 308 Å². The van der Waals surface area contributed by atoms with Crippen molar-refractivity contribution in [3.63, 3.8) is 0 Å². The van der Waals surface area contributed by atoms with Gasteiger partial charge in [-0.25, -0.2) is 0 Å². The predicted octanol–water partition coefficient (Wildman–Crippen LogP) is 12.7. The quantitative estimate of drug-likeness (QED) is 0.180. The van der Waals surface area contributed by atoms with Gasteiger partial charge in [-0.2, -0.15) is 0 Å². The van der Waals surface area contributed by atoms with Crippen LogP contribution in [-0.4, -0.2) is 9.79 Å². The van der Waals surface area contributed by atoms with Crippen LogP contribution in [0, 0.1) is 0 Å². The van der Waals surface area contributed by atoms with Gasteiger partial charge in [-0.3, -0.25) is 4.57 Å². The Morgan fingerprint density at radius 2 is 0.706 bits per heavy atom. The molecule has 4 rings (SSSR count). The minimum atomic E-state index is -4.18. The summed E-state index contributed by atoms with van der Waals surface area (Å²) in [6, 6.07) is 27.5. The van der Waals surface area contributed by atoms with E-state index in [9.17, 15) is 14.4 Å². The fourth-order valence-corrected chi connectivity index (χ4v) is 6.72. The number of benzene rings is 4.